The summed E-state index contributed by atoms with van der Waals surface area (Å²) < 4.78 is 24.2. The van der Waals surface area contributed by atoms with E-state index in [0.29, 0.717) is 0 Å². The first-order valence-electron chi connectivity index (χ1n) is 5.64. The van der Waals surface area contributed by atoms with Gasteiger partial charge in [0, 0.05) is 0 Å². The van der Waals surface area contributed by atoms with Gasteiger partial charge in [0.15, 0.2) is 10.6 Å². The van der Waals surface area contributed by atoms with E-state index in [1.54, 1.807) is 19.1 Å². The molecule has 0 amide bonds. The number of rotatable bonds is 3. The van der Waals surface area contributed by atoms with Gasteiger partial charge in [0.05, 0.1) is 10.0 Å². The van der Waals surface area contributed by atoms with Crippen LogP contribution in [-0.2, 0) is 10.0 Å². The predicted molar refractivity (Wildman–Crippen MR) is 87.4 cm³/mol. The van der Waals surface area contributed by atoms with Crippen LogP contribution in [0, 0.1) is 6.92 Å². The zero-order valence-electron chi connectivity index (χ0n) is 11.0. The Hall–Kier alpha value is -1.26. The second kappa shape index (κ2) is 5.74. The summed E-state index contributed by atoms with van der Waals surface area (Å²) in [4.78, 5) is 10.9. The zero-order valence-corrected chi connectivity index (χ0v) is 14.3. The number of anilines is 1. The third kappa shape index (κ3) is 2.95. The minimum Gasteiger partial charge on any atom is -0.382 e. The number of aryl methyl sites for hydroxylation is 1. The van der Waals surface area contributed by atoms with Gasteiger partial charge >= 0.3 is 0 Å². The summed E-state index contributed by atoms with van der Waals surface area (Å²) in [6.45, 7) is 1.77. The van der Waals surface area contributed by atoms with E-state index in [1.807, 2.05) is 0 Å². The number of halogens is 2. The van der Waals surface area contributed by atoms with Crippen LogP contribution < -0.4 is 10.9 Å². The number of nitrogens with zero attached hydrogens (tertiary/aromatic N) is 2. The Morgan fingerprint density at radius 1 is 1.32 bits per heavy atom. The van der Waals surface area contributed by atoms with Gasteiger partial charge in [-0.25, -0.2) is 18.2 Å². The molecule has 1 aromatic heterocycles. The maximum Gasteiger partial charge on any atom is 0.244 e. The van der Waals surface area contributed by atoms with Crippen LogP contribution in [0.4, 0.5) is 5.82 Å². The van der Waals surface area contributed by atoms with Crippen LogP contribution in [-0.4, -0.2) is 23.3 Å². The first-order valence-corrected chi connectivity index (χ1v) is 8.39. The fraction of sp³-hybridized carbons (Fsp3) is 0.0909. The molecule has 0 aliphatic rings. The van der Waals surface area contributed by atoms with Crippen LogP contribution in [0.25, 0.3) is 5.69 Å². The SMILES string of the molecule is Cc1cc(Cl)c(-n2nc(C(=O)S)c(S(N)(=O)=O)c2N)c(Cl)c1. The Labute approximate surface area is 141 Å². The predicted octanol–water partition coefficient (Wildman–Crippen LogP) is 1.79. The number of thiol groups is 1. The Balaban J connectivity index is 2.88. The van der Waals surface area contributed by atoms with E-state index < -0.39 is 25.7 Å². The Morgan fingerprint density at radius 2 is 1.82 bits per heavy atom. The minimum atomic E-state index is -4.29. The number of nitrogen functional groups attached to an aromatic ring is 1. The van der Waals surface area contributed by atoms with Crippen molar-refractivity contribution in [1.82, 2.24) is 9.78 Å². The lowest BCUT2D eigenvalue weighted by Gasteiger charge is -2.10. The molecule has 7 nitrogen and oxygen atoms in total. The van der Waals surface area contributed by atoms with Crippen molar-refractivity contribution >= 4 is 56.8 Å². The monoisotopic (exact) mass is 380 g/mol. The molecule has 118 valence electrons. The highest BCUT2D eigenvalue weighted by atomic mass is 35.5. The molecule has 2 aromatic rings. The smallest absolute Gasteiger partial charge is 0.244 e. The standard InChI is InChI=1S/C11H10Cl2N4O3S2/c1-4-2-5(12)8(6(13)3-4)17-10(14)9(22(15,19)20)7(16-17)11(18)21/h2-3H,14H2,1H3,(H,18,21)(H2,15,19,20). The molecule has 1 aromatic carbocycles. The van der Waals surface area contributed by atoms with Gasteiger partial charge in [-0.05, 0) is 24.6 Å². The molecule has 0 aliphatic carbocycles. The summed E-state index contributed by atoms with van der Waals surface area (Å²) in [5, 5.41) is 8.36. The zero-order chi connectivity index (χ0) is 16.8. The van der Waals surface area contributed by atoms with Crippen molar-refractivity contribution < 1.29 is 13.2 Å². The van der Waals surface area contributed by atoms with E-state index in [0.717, 1.165) is 10.2 Å². The van der Waals surface area contributed by atoms with Crippen LogP contribution in [0.1, 0.15) is 16.1 Å². The fourth-order valence-electron chi connectivity index (χ4n) is 1.90. The summed E-state index contributed by atoms with van der Waals surface area (Å²) in [5.41, 5.74) is 6.19. The van der Waals surface area contributed by atoms with E-state index >= 15 is 0 Å². The van der Waals surface area contributed by atoms with E-state index in [1.165, 1.54) is 0 Å². The molecule has 11 heteroatoms. The molecule has 0 radical (unpaired) electrons. The van der Waals surface area contributed by atoms with E-state index in [-0.39, 0.29) is 21.6 Å². The number of sulfonamides is 1. The first kappa shape index (κ1) is 17.1. The third-order valence-electron chi connectivity index (χ3n) is 2.74. The minimum absolute atomic E-state index is 0.136. The molecule has 0 saturated carbocycles. The van der Waals surface area contributed by atoms with Gasteiger partial charge in [0.2, 0.25) is 15.1 Å². The van der Waals surface area contributed by atoms with Gasteiger partial charge in [0.25, 0.3) is 0 Å². The van der Waals surface area contributed by atoms with E-state index in [4.69, 9.17) is 34.1 Å². The highest BCUT2D eigenvalue weighted by molar-refractivity contribution is 7.97. The van der Waals surface area contributed by atoms with Crippen molar-refractivity contribution in [2.75, 3.05) is 5.73 Å². The lowest BCUT2D eigenvalue weighted by molar-refractivity contribution is 0.108. The Bertz CT molecular complexity index is 870. The molecule has 0 atom stereocenters. The second-order valence-corrected chi connectivity index (χ2v) is 7.12. The number of carbonyl (C=O) groups excluding carboxylic acids is 1. The Kier molecular flexibility index (Phi) is 4.46. The number of benzene rings is 1. The fourth-order valence-corrected chi connectivity index (χ4v) is 3.67. The van der Waals surface area contributed by atoms with E-state index in [9.17, 15) is 13.2 Å². The Morgan fingerprint density at radius 3 is 2.18 bits per heavy atom. The normalized spacial score (nSPS) is 11.7. The molecule has 22 heavy (non-hydrogen) atoms. The number of hydrogen-bond acceptors (Lipinski definition) is 5. The van der Waals surface area contributed by atoms with Gasteiger partial charge in [-0.1, -0.05) is 35.8 Å². The molecule has 2 rings (SSSR count). The molecular weight excluding hydrogens is 371 g/mol. The maximum absolute atomic E-state index is 11.6. The third-order valence-corrected chi connectivity index (χ3v) is 4.50. The summed E-state index contributed by atoms with van der Waals surface area (Å²) in [6, 6.07) is 3.17. The van der Waals surface area contributed by atoms with Crippen molar-refractivity contribution in [2.24, 2.45) is 5.14 Å². The molecule has 0 unspecified atom stereocenters. The number of carbonyl (C=O) groups is 1. The highest BCUT2D eigenvalue weighted by Gasteiger charge is 2.29. The molecule has 1 heterocycles. The largest absolute Gasteiger partial charge is 0.382 e. The molecule has 4 N–H and O–H groups in total. The first-order chi connectivity index (χ1) is 10.0. The summed E-state index contributed by atoms with van der Waals surface area (Å²) in [5.74, 6) is -0.382. The topological polar surface area (TPSA) is 121 Å². The molecular formula is C11H10Cl2N4O3S2. The maximum atomic E-state index is 11.6. The van der Waals surface area contributed by atoms with Gasteiger partial charge in [-0.3, -0.25) is 4.79 Å². The summed E-state index contributed by atoms with van der Waals surface area (Å²) >= 11 is 15.8. The lowest BCUT2D eigenvalue weighted by atomic mass is 10.2. The quantitative estimate of drug-likeness (QED) is 0.700. The van der Waals surface area contributed by atoms with Crippen molar-refractivity contribution in [1.29, 1.82) is 0 Å². The molecule has 0 spiro atoms. The van der Waals surface area contributed by atoms with Crippen LogP contribution in [0.15, 0.2) is 17.0 Å². The second-order valence-electron chi connectivity index (χ2n) is 4.40. The van der Waals surface area contributed by atoms with Gasteiger partial charge in [-0.15, -0.1) is 0 Å². The highest BCUT2D eigenvalue weighted by Crippen LogP contribution is 2.34. The van der Waals surface area contributed by atoms with Crippen LogP contribution in [0.2, 0.25) is 10.0 Å². The van der Waals surface area contributed by atoms with Crippen molar-refractivity contribution in [3.63, 3.8) is 0 Å². The van der Waals surface area contributed by atoms with E-state index in [2.05, 4.69) is 17.7 Å². The van der Waals surface area contributed by atoms with Crippen molar-refractivity contribution in [2.45, 2.75) is 11.8 Å². The molecule has 0 aliphatic heterocycles. The van der Waals surface area contributed by atoms with Gasteiger partial charge in [-0.2, -0.15) is 5.10 Å². The number of primary sulfonamides is 1. The van der Waals surface area contributed by atoms with Crippen molar-refractivity contribution in [3.8, 4) is 5.69 Å². The number of nitrogens with two attached hydrogens (primary N) is 2. The molecule has 0 saturated heterocycles. The average molecular weight is 381 g/mol. The number of hydrogen-bond donors (Lipinski definition) is 3. The lowest BCUT2D eigenvalue weighted by Crippen LogP contribution is -2.16. The average Bonchev–Trinajstić information content (AvgIpc) is 2.66. The van der Waals surface area contributed by atoms with Crippen LogP contribution in [0.5, 0.6) is 0 Å². The summed E-state index contributed by atoms with van der Waals surface area (Å²) in [6.07, 6.45) is 0. The molecule has 0 fully saturated rings. The van der Waals surface area contributed by atoms with Crippen LogP contribution >= 0.6 is 35.8 Å². The van der Waals surface area contributed by atoms with Gasteiger partial charge < -0.3 is 5.73 Å². The van der Waals surface area contributed by atoms with Crippen LogP contribution in [0.3, 0.4) is 0 Å². The molecule has 0 bridgehead atoms. The van der Waals surface area contributed by atoms with Crippen molar-refractivity contribution in [3.05, 3.63) is 33.4 Å². The summed E-state index contributed by atoms with van der Waals surface area (Å²) in [7, 11) is -4.29. The van der Waals surface area contributed by atoms with Gasteiger partial charge in [0.1, 0.15) is 11.5 Å². The number of aromatic nitrogens is 2.